The van der Waals surface area contributed by atoms with E-state index in [9.17, 15) is 14.7 Å². The van der Waals surface area contributed by atoms with Crippen LogP contribution >= 0.6 is 34.8 Å². The third kappa shape index (κ3) is 5.23. The van der Waals surface area contributed by atoms with E-state index in [1.54, 1.807) is 24.3 Å². The van der Waals surface area contributed by atoms with Gasteiger partial charge >= 0.3 is 0 Å². The number of Topliss-reactive ketones (excluding diaryl/α,β-unsaturated/α-hetero) is 1. The normalized spacial score (nSPS) is 17.4. The molecule has 0 bridgehead atoms. The number of likely N-dealkylation sites (tertiary alicyclic amines) is 1. The van der Waals surface area contributed by atoms with Crippen molar-refractivity contribution in [1.82, 2.24) is 9.80 Å². The minimum atomic E-state index is -0.841. The highest BCUT2D eigenvalue weighted by Crippen LogP contribution is 2.47. The topological polar surface area (TPSA) is 79.3 Å². The molecule has 0 radical (unpaired) electrons. The number of carbonyl (C=O) groups is 2. The van der Waals surface area contributed by atoms with E-state index in [1.807, 2.05) is 13.8 Å². The number of carbonyl (C=O) groups excluding carboxylic acids is 2. The highest BCUT2D eigenvalue weighted by molar-refractivity contribution is 6.47. The van der Waals surface area contributed by atoms with Gasteiger partial charge in [-0.1, -0.05) is 60.8 Å². The first-order valence-corrected chi connectivity index (χ1v) is 12.2. The van der Waals surface area contributed by atoms with Crippen molar-refractivity contribution in [2.45, 2.75) is 19.9 Å². The van der Waals surface area contributed by atoms with Crippen LogP contribution in [0.15, 0.2) is 35.9 Å². The lowest BCUT2D eigenvalue weighted by Crippen LogP contribution is -2.38. The van der Waals surface area contributed by atoms with E-state index in [0.29, 0.717) is 17.1 Å². The Morgan fingerprint density at radius 1 is 1.03 bits per heavy atom. The minimum Gasteiger partial charge on any atom is -0.507 e. The van der Waals surface area contributed by atoms with Gasteiger partial charge in [-0.05, 0) is 36.9 Å². The molecule has 1 atom stereocenters. The summed E-state index contributed by atoms with van der Waals surface area (Å²) in [6.07, 6.45) is 0. The summed E-state index contributed by atoms with van der Waals surface area (Å²) >= 11 is 18.8. The van der Waals surface area contributed by atoms with Gasteiger partial charge in [0, 0.05) is 18.1 Å². The van der Waals surface area contributed by atoms with Gasteiger partial charge in [0.1, 0.15) is 10.8 Å². The van der Waals surface area contributed by atoms with Crippen LogP contribution in [0.3, 0.4) is 0 Å². The number of likely N-dealkylation sites (N-methyl/N-ethyl adjacent to an activating group) is 1. The molecule has 1 N–H and O–H groups in total. The zero-order valence-electron chi connectivity index (χ0n) is 19.9. The summed E-state index contributed by atoms with van der Waals surface area (Å²) in [5.74, 6) is -1.74. The van der Waals surface area contributed by atoms with Gasteiger partial charge in [-0.2, -0.15) is 0 Å². The van der Waals surface area contributed by atoms with Crippen LogP contribution in [-0.2, 0) is 9.59 Å². The second-order valence-corrected chi connectivity index (χ2v) is 9.08. The van der Waals surface area contributed by atoms with Gasteiger partial charge in [0.15, 0.2) is 11.5 Å². The van der Waals surface area contributed by atoms with Gasteiger partial charge < -0.3 is 24.4 Å². The lowest BCUT2D eigenvalue weighted by molar-refractivity contribution is -0.140. The van der Waals surface area contributed by atoms with Crippen molar-refractivity contribution in [1.29, 1.82) is 0 Å². The highest BCUT2D eigenvalue weighted by atomic mass is 35.5. The number of aliphatic hydroxyl groups excluding tert-OH is 1. The summed E-state index contributed by atoms with van der Waals surface area (Å²) in [6, 6.07) is 7.34. The summed E-state index contributed by atoms with van der Waals surface area (Å²) in [4.78, 5) is 30.1. The number of ketones is 1. The first-order chi connectivity index (χ1) is 16.7. The van der Waals surface area contributed by atoms with E-state index in [0.717, 1.165) is 13.1 Å². The zero-order chi connectivity index (χ0) is 25.9. The zero-order valence-corrected chi connectivity index (χ0v) is 22.2. The molecule has 188 valence electrons. The van der Waals surface area contributed by atoms with Crippen LogP contribution in [0.1, 0.15) is 31.0 Å². The molecular formula is C25H27Cl3N2O5. The highest BCUT2D eigenvalue weighted by Gasteiger charge is 2.46. The fraction of sp³-hybridized carbons (Fsp3) is 0.360. The maximum Gasteiger partial charge on any atom is 0.295 e. The van der Waals surface area contributed by atoms with Crippen LogP contribution in [0.4, 0.5) is 0 Å². The molecule has 2 aromatic carbocycles. The molecule has 2 aromatic rings. The van der Waals surface area contributed by atoms with Crippen molar-refractivity contribution in [2.24, 2.45) is 0 Å². The molecule has 0 aromatic heterocycles. The Hall–Kier alpha value is -2.45. The third-order valence-electron chi connectivity index (χ3n) is 6.07. The Balaban J connectivity index is 2.22. The van der Waals surface area contributed by atoms with Gasteiger partial charge in [0.05, 0.1) is 36.4 Å². The fourth-order valence-corrected chi connectivity index (χ4v) is 5.00. The van der Waals surface area contributed by atoms with Gasteiger partial charge in [0.25, 0.3) is 11.7 Å². The second-order valence-electron chi connectivity index (χ2n) is 7.86. The predicted octanol–water partition coefficient (Wildman–Crippen LogP) is 5.43. The number of hydrogen-bond donors (Lipinski definition) is 1. The predicted molar refractivity (Wildman–Crippen MR) is 138 cm³/mol. The summed E-state index contributed by atoms with van der Waals surface area (Å²) in [5.41, 5.74) is 0.607. The van der Waals surface area contributed by atoms with Crippen molar-refractivity contribution in [3.8, 4) is 11.5 Å². The van der Waals surface area contributed by atoms with Crippen LogP contribution in [0.25, 0.3) is 5.76 Å². The van der Waals surface area contributed by atoms with Gasteiger partial charge in [-0.15, -0.1) is 0 Å². The maximum atomic E-state index is 13.3. The lowest BCUT2D eigenvalue weighted by atomic mass is 9.95. The quantitative estimate of drug-likeness (QED) is 0.259. The number of ether oxygens (including phenoxy) is 2. The molecule has 10 heteroatoms. The fourth-order valence-electron chi connectivity index (χ4n) is 4.18. The average molecular weight is 542 g/mol. The molecular weight excluding hydrogens is 515 g/mol. The Bertz CT molecular complexity index is 1150. The number of methoxy groups -OCH3 is 2. The van der Waals surface area contributed by atoms with Crippen LogP contribution in [0, 0.1) is 0 Å². The third-order valence-corrected chi connectivity index (χ3v) is 6.95. The van der Waals surface area contributed by atoms with Crippen LogP contribution in [-0.4, -0.2) is 67.0 Å². The molecule has 3 rings (SSSR count). The van der Waals surface area contributed by atoms with Gasteiger partial charge in [0.2, 0.25) is 0 Å². The van der Waals surface area contributed by atoms with Crippen LogP contribution in [0.2, 0.25) is 15.1 Å². The van der Waals surface area contributed by atoms with E-state index in [4.69, 9.17) is 44.3 Å². The average Bonchev–Trinajstić information content (AvgIpc) is 3.09. The largest absolute Gasteiger partial charge is 0.507 e. The van der Waals surface area contributed by atoms with Crippen molar-refractivity contribution < 1.29 is 24.2 Å². The Kier molecular flexibility index (Phi) is 8.94. The van der Waals surface area contributed by atoms with Gasteiger partial charge in [-0.3, -0.25) is 9.59 Å². The number of benzene rings is 2. The molecule has 0 saturated carbocycles. The molecule has 35 heavy (non-hydrogen) atoms. The van der Waals surface area contributed by atoms with Crippen LogP contribution in [0.5, 0.6) is 11.5 Å². The van der Waals surface area contributed by atoms with Crippen molar-refractivity contribution in [3.63, 3.8) is 0 Å². The SMILES string of the molecule is CCN(CC)CCN1C(=O)C(=O)/C(=C(/O)c2cc(Cl)c(OC)c(Cl)c2OC)C1c1ccc(Cl)cc1. The number of nitrogens with zero attached hydrogens (tertiary/aromatic N) is 2. The molecule has 1 amide bonds. The summed E-state index contributed by atoms with van der Waals surface area (Å²) < 4.78 is 10.6. The molecule has 7 nitrogen and oxygen atoms in total. The van der Waals surface area contributed by atoms with Crippen molar-refractivity contribution in [3.05, 3.63) is 62.1 Å². The Morgan fingerprint density at radius 3 is 2.17 bits per heavy atom. The van der Waals surface area contributed by atoms with Gasteiger partial charge in [-0.25, -0.2) is 0 Å². The molecule has 0 spiro atoms. The van der Waals surface area contributed by atoms with Crippen LogP contribution < -0.4 is 9.47 Å². The van der Waals surface area contributed by atoms with E-state index in [1.165, 1.54) is 25.2 Å². The minimum absolute atomic E-state index is 0.0304. The molecule has 1 aliphatic rings. The monoisotopic (exact) mass is 540 g/mol. The molecule has 0 aliphatic carbocycles. The molecule has 1 heterocycles. The lowest BCUT2D eigenvalue weighted by Gasteiger charge is -2.28. The first-order valence-electron chi connectivity index (χ1n) is 11.1. The van der Waals surface area contributed by atoms with E-state index in [2.05, 4.69) is 4.90 Å². The van der Waals surface area contributed by atoms with E-state index >= 15 is 0 Å². The number of aliphatic hydroxyl groups is 1. The second kappa shape index (κ2) is 11.5. The first kappa shape index (κ1) is 27.1. The summed E-state index contributed by atoms with van der Waals surface area (Å²) in [7, 11) is 2.76. The molecule has 1 unspecified atom stereocenters. The number of hydrogen-bond acceptors (Lipinski definition) is 6. The molecule has 1 saturated heterocycles. The number of amides is 1. The summed E-state index contributed by atoms with van der Waals surface area (Å²) in [5, 5.41) is 12.1. The standard InChI is InChI=1S/C25H27Cl3N2O5/c1-5-29(6-2)11-12-30-20(14-7-9-15(26)10-8-14)18(22(32)25(30)33)21(31)16-13-17(27)24(35-4)19(28)23(16)34-3/h7-10,13,20,31H,5-6,11-12H2,1-4H3/b21-18+. The Morgan fingerprint density at radius 2 is 1.63 bits per heavy atom. The van der Waals surface area contributed by atoms with Crippen molar-refractivity contribution >= 4 is 52.3 Å². The molecule has 1 aliphatic heterocycles. The Labute approximate surface area is 219 Å². The van der Waals surface area contributed by atoms with Crippen molar-refractivity contribution in [2.75, 3.05) is 40.4 Å². The number of rotatable bonds is 9. The summed E-state index contributed by atoms with van der Waals surface area (Å²) in [6.45, 7) is 6.50. The molecule has 1 fully saturated rings. The maximum absolute atomic E-state index is 13.3. The smallest absolute Gasteiger partial charge is 0.295 e. The van der Waals surface area contributed by atoms with E-state index in [-0.39, 0.29) is 39.2 Å². The number of halogens is 3. The van der Waals surface area contributed by atoms with E-state index < -0.39 is 23.5 Å².